The molecule has 0 radical (unpaired) electrons. The van der Waals surface area contributed by atoms with Gasteiger partial charge in [0.15, 0.2) is 0 Å². The highest BCUT2D eigenvalue weighted by atomic mass is 32.2. The summed E-state index contributed by atoms with van der Waals surface area (Å²) in [6.45, 7) is 0.758. The van der Waals surface area contributed by atoms with Crippen LogP contribution in [0, 0.1) is 5.82 Å². The summed E-state index contributed by atoms with van der Waals surface area (Å²) >= 11 is 1.49. The molecule has 1 fully saturated rings. The van der Waals surface area contributed by atoms with Crippen LogP contribution in [0.4, 0.5) is 4.39 Å². The SMILES string of the molecule is COCCNC(=O)C1CSC(c2ccoc2)N1C(=O)c1ccc(F)cc1. The average molecular weight is 378 g/mol. The van der Waals surface area contributed by atoms with Crippen molar-refractivity contribution in [3.63, 3.8) is 0 Å². The Morgan fingerprint density at radius 2 is 2.12 bits per heavy atom. The largest absolute Gasteiger partial charge is 0.472 e. The summed E-state index contributed by atoms with van der Waals surface area (Å²) in [4.78, 5) is 27.2. The third kappa shape index (κ3) is 3.91. The summed E-state index contributed by atoms with van der Waals surface area (Å²) in [5.41, 5.74) is 1.13. The number of ether oxygens (including phenoxy) is 1. The number of carbonyl (C=O) groups excluding carboxylic acids is 2. The lowest BCUT2D eigenvalue weighted by Gasteiger charge is -2.28. The molecule has 1 aliphatic heterocycles. The van der Waals surface area contributed by atoms with Gasteiger partial charge in [-0.1, -0.05) is 0 Å². The maximum atomic E-state index is 13.2. The normalized spacial score (nSPS) is 19.5. The Morgan fingerprint density at radius 3 is 2.77 bits per heavy atom. The molecule has 3 rings (SSSR count). The molecule has 0 saturated carbocycles. The van der Waals surface area contributed by atoms with E-state index in [1.807, 2.05) is 0 Å². The lowest BCUT2D eigenvalue weighted by molar-refractivity contribution is -0.125. The predicted octanol–water partition coefficient (Wildman–Crippen LogP) is 2.44. The van der Waals surface area contributed by atoms with Crippen molar-refractivity contribution in [2.24, 2.45) is 0 Å². The first-order valence-electron chi connectivity index (χ1n) is 8.10. The fourth-order valence-corrected chi connectivity index (χ4v) is 4.17. The number of amides is 2. The van der Waals surface area contributed by atoms with Crippen LogP contribution >= 0.6 is 11.8 Å². The number of hydrogen-bond acceptors (Lipinski definition) is 5. The average Bonchev–Trinajstić information content (AvgIpc) is 3.31. The Hall–Kier alpha value is -2.32. The lowest BCUT2D eigenvalue weighted by atomic mass is 10.1. The zero-order chi connectivity index (χ0) is 18.5. The van der Waals surface area contributed by atoms with Crippen LogP contribution in [-0.2, 0) is 9.53 Å². The minimum Gasteiger partial charge on any atom is -0.472 e. The van der Waals surface area contributed by atoms with Gasteiger partial charge in [0.2, 0.25) is 5.91 Å². The lowest BCUT2D eigenvalue weighted by Crippen LogP contribution is -2.48. The molecule has 138 valence electrons. The fourth-order valence-electron chi connectivity index (χ4n) is 2.76. The first-order valence-corrected chi connectivity index (χ1v) is 9.15. The van der Waals surface area contributed by atoms with Gasteiger partial charge in [-0.3, -0.25) is 9.59 Å². The van der Waals surface area contributed by atoms with Gasteiger partial charge in [0.25, 0.3) is 5.91 Å². The minimum atomic E-state index is -0.630. The number of nitrogens with one attached hydrogen (secondary N) is 1. The highest BCUT2D eigenvalue weighted by Gasteiger charge is 2.42. The smallest absolute Gasteiger partial charge is 0.255 e. The maximum Gasteiger partial charge on any atom is 0.255 e. The van der Waals surface area contributed by atoms with Gasteiger partial charge in [0.05, 0.1) is 19.1 Å². The van der Waals surface area contributed by atoms with Gasteiger partial charge in [-0.15, -0.1) is 11.8 Å². The highest BCUT2D eigenvalue weighted by molar-refractivity contribution is 7.99. The first-order chi connectivity index (χ1) is 12.6. The summed E-state index contributed by atoms with van der Waals surface area (Å²) in [6, 6.07) is 6.45. The quantitative estimate of drug-likeness (QED) is 0.782. The van der Waals surface area contributed by atoms with E-state index in [1.54, 1.807) is 19.4 Å². The zero-order valence-corrected chi connectivity index (χ0v) is 15.0. The van der Waals surface area contributed by atoms with Gasteiger partial charge in [-0.2, -0.15) is 0 Å². The molecular weight excluding hydrogens is 359 g/mol. The zero-order valence-electron chi connectivity index (χ0n) is 14.2. The first kappa shape index (κ1) is 18.5. The standard InChI is InChI=1S/C18H19FN2O4S/c1-24-9-7-20-16(22)15-11-26-18(13-6-8-25-10-13)21(15)17(23)12-2-4-14(19)5-3-12/h2-6,8,10,15,18H,7,9,11H2,1H3,(H,20,22). The van der Waals surface area contributed by atoms with E-state index in [9.17, 15) is 14.0 Å². The summed E-state index contributed by atoms with van der Waals surface area (Å²) in [5.74, 6) is -0.525. The molecule has 2 heterocycles. The van der Waals surface area contributed by atoms with Crippen LogP contribution in [0.25, 0.3) is 0 Å². The molecule has 8 heteroatoms. The van der Waals surface area contributed by atoms with Gasteiger partial charge < -0.3 is 19.4 Å². The van der Waals surface area contributed by atoms with Crippen molar-refractivity contribution in [2.45, 2.75) is 11.4 Å². The third-order valence-electron chi connectivity index (χ3n) is 4.06. The minimum absolute atomic E-state index is 0.240. The molecule has 0 bridgehead atoms. The Bertz CT molecular complexity index is 751. The van der Waals surface area contributed by atoms with Crippen LogP contribution in [0.1, 0.15) is 21.3 Å². The Kier molecular flexibility index (Phi) is 5.95. The number of nitrogens with zero attached hydrogens (tertiary/aromatic N) is 1. The molecule has 2 atom stereocenters. The van der Waals surface area contributed by atoms with Crippen LogP contribution in [-0.4, -0.2) is 48.8 Å². The summed E-state index contributed by atoms with van der Waals surface area (Å²) < 4.78 is 23.3. The van der Waals surface area contributed by atoms with Gasteiger partial charge in [-0.25, -0.2) is 4.39 Å². The maximum absolute atomic E-state index is 13.2. The van der Waals surface area contributed by atoms with Crippen LogP contribution in [0.3, 0.4) is 0 Å². The van der Waals surface area contributed by atoms with Gasteiger partial charge >= 0.3 is 0 Å². The summed E-state index contributed by atoms with van der Waals surface area (Å²) in [7, 11) is 1.55. The number of rotatable bonds is 6. The molecule has 1 aromatic heterocycles. The van der Waals surface area contributed by atoms with Crippen molar-refractivity contribution in [1.82, 2.24) is 10.2 Å². The molecule has 0 aliphatic carbocycles. The molecule has 26 heavy (non-hydrogen) atoms. The number of thioether (sulfide) groups is 1. The molecule has 1 N–H and O–H groups in total. The number of furan rings is 1. The fraction of sp³-hybridized carbons (Fsp3) is 0.333. The van der Waals surface area contributed by atoms with E-state index in [1.165, 1.54) is 47.2 Å². The number of methoxy groups -OCH3 is 1. The third-order valence-corrected chi connectivity index (χ3v) is 5.39. The van der Waals surface area contributed by atoms with E-state index < -0.39 is 11.9 Å². The van der Waals surface area contributed by atoms with Gasteiger partial charge in [0, 0.05) is 30.5 Å². The van der Waals surface area contributed by atoms with E-state index in [-0.39, 0.29) is 17.2 Å². The van der Waals surface area contributed by atoms with Gasteiger partial charge in [0.1, 0.15) is 17.2 Å². The van der Waals surface area contributed by atoms with Crippen LogP contribution < -0.4 is 5.32 Å². The molecule has 2 amide bonds. The summed E-state index contributed by atoms with van der Waals surface area (Å²) in [6.07, 6.45) is 3.09. The second-order valence-electron chi connectivity index (χ2n) is 5.76. The van der Waals surface area contributed by atoms with Crippen LogP contribution in [0.2, 0.25) is 0 Å². The molecule has 2 unspecified atom stereocenters. The predicted molar refractivity (Wildman–Crippen MR) is 95.2 cm³/mol. The molecule has 6 nitrogen and oxygen atoms in total. The van der Waals surface area contributed by atoms with E-state index >= 15 is 0 Å². The van der Waals surface area contributed by atoms with Crippen molar-refractivity contribution in [1.29, 1.82) is 0 Å². The second-order valence-corrected chi connectivity index (χ2v) is 6.87. The number of hydrogen-bond donors (Lipinski definition) is 1. The van der Waals surface area contributed by atoms with Crippen LogP contribution in [0.5, 0.6) is 0 Å². The van der Waals surface area contributed by atoms with E-state index in [0.717, 1.165) is 5.56 Å². The van der Waals surface area contributed by atoms with E-state index in [2.05, 4.69) is 5.32 Å². The Balaban J connectivity index is 1.85. The van der Waals surface area contributed by atoms with Gasteiger partial charge in [-0.05, 0) is 30.3 Å². The summed E-state index contributed by atoms with van der Waals surface area (Å²) in [5, 5.41) is 2.44. The Labute approximate surface area is 154 Å². The van der Waals surface area contributed by atoms with Crippen LogP contribution in [0.15, 0.2) is 47.3 Å². The van der Waals surface area contributed by atoms with E-state index in [4.69, 9.17) is 9.15 Å². The number of carbonyl (C=O) groups is 2. The molecule has 1 saturated heterocycles. The molecule has 0 spiro atoms. The monoisotopic (exact) mass is 378 g/mol. The molecule has 1 aromatic carbocycles. The van der Waals surface area contributed by atoms with Crippen molar-refractivity contribution >= 4 is 23.6 Å². The van der Waals surface area contributed by atoms with Crippen molar-refractivity contribution in [3.8, 4) is 0 Å². The Morgan fingerprint density at radius 1 is 1.35 bits per heavy atom. The highest BCUT2D eigenvalue weighted by Crippen LogP contribution is 2.42. The molecular formula is C18H19FN2O4S. The topological polar surface area (TPSA) is 71.8 Å². The molecule has 2 aromatic rings. The van der Waals surface area contributed by atoms with Crippen molar-refractivity contribution in [2.75, 3.05) is 26.0 Å². The number of halogens is 1. The van der Waals surface area contributed by atoms with E-state index in [0.29, 0.717) is 24.5 Å². The number of benzene rings is 1. The van der Waals surface area contributed by atoms with Crippen molar-refractivity contribution in [3.05, 3.63) is 59.8 Å². The second kappa shape index (κ2) is 8.37. The van der Waals surface area contributed by atoms with Crippen molar-refractivity contribution < 1.29 is 23.1 Å². The molecule has 1 aliphatic rings.